The summed E-state index contributed by atoms with van der Waals surface area (Å²) in [6.07, 6.45) is -0.273. The van der Waals surface area contributed by atoms with Crippen LogP contribution in [0.1, 0.15) is 50.0 Å². The predicted octanol–water partition coefficient (Wildman–Crippen LogP) is 2.31. The van der Waals surface area contributed by atoms with Gasteiger partial charge in [0.25, 0.3) is 0 Å². The zero-order chi connectivity index (χ0) is 24.8. The number of carbonyl (C=O) groups is 3. The number of nitrogens with zero attached hydrogens (tertiary/aromatic N) is 1. The van der Waals surface area contributed by atoms with Crippen LogP contribution >= 0.6 is 0 Å². The molecule has 182 valence electrons. The molecule has 0 aliphatic carbocycles. The molecular formula is C25H32N4O5. The van der Waals surface area contributed by atoms with E-state index in [0.29, 0.717) is 30.8 Å². The quantitative estimate of drug-likeness (QED) is 0.294. The lowest BCUT2D eigenvalue weighted by Gasteiger charge is -2.25. The number of nitriles is 1. The molecule has 2 amide bonds. The van der Waals surface area contributed by atoms with Crippen LogP contribution in [0.15, 0.2) is 24.3 Å². The molecule has 0 saturated carbocycles. The van der Waals surface area contributed by atoms with Crippen molar-refractivity contribution in [3.63, 3.8) is 0 Å². The normalized spacial score (nSPS) is 18.2. The van der Waals surface area contributed by atoms with E-state index >= 15 is 0 Å². The van der Waals surface area contributed by atoms with Crippen molar-refractivity contribution in [1.29, 1.82) is 5.26 Å². The topological polar surface area (TPSA) is 144 Å². The second kappa shape index (κ2) is 11.2. The van der Waals surface area contributed by atoms with Crippen LogP contribution in [-0.4, -0.2) is 53.5 Å². The molecule has 0 spiro atoms. The van der Waals surface area contributed by atoms with E-state index in [2.05, 4.69) is 15.6 Å². The average molecular weight is 469 g/mol. The Labute approximate surface area is 198 Å². The minimum Gasteiger partial charge on any atom is -0.496 e. The van der Waals surface area contributed by atoms with Gasteiger partial charge in [0.2, 0.25) is 11.8 Å². The first-order chi connectivity index (χ1) is 16.2. The fourth-order valence-corrected chi connectivity index (χ4v) is 4.48. The minimum absolute atomic E-state index is 0.0293. The van der Waals surface area contributed by atoms with Gasteiger partial charge in [-0.05, 0) is 43.4 Å². The molecule has 9 nitrogen and oxygen atoms in total. The first-order valence-corrected chi connectivity index (χ1v) is 11.6. The number of nitrogens with one attached hydrogen (secondary N) is 3. The molecule has 4 unspecified atom stereocenters. The molecule has 1 saturated heterocycles. The molecule has 1 aliphatic rings. The zero-order valence-electron chi connectivity index (χ0n) is 19.8. The van der Waals surface area contributed by atoms with Gasteiger partial charge >= 0.3 is 0 Å². The standard InChI is InChI=1S/C25H32N4O5/c1-14(2)9-16(11-21(30)20-12-17-18(28-20)5-4-6-23(17)34-3)25(33)29-19(22(31)13-26)10-15-7-8-27-24(15)32/h4-6,12,14-16,19,22,28,31H,7-11H2,1-3H3,(H,27,32)(H,29,33). The highest BCUT2D eigenvalue weighted by atomic mass is 16.5. The van der Waals surface area contributed by atoms with Crippen molar-refractivity contribution in [1.82, 2.24) is 15.6 Å². The Morgan fingerprint density at radius 1 is 1.35 bits per heavy atom. The maximum atomic E-state index is 13.2. The van der Waals surface area contributed by atoms with Crippen molar-refractivity contribution in [3.8, 4) is 11.8 Å². The molecule has 4 atom stereocenters. The third-order valence-electron chi connectivity index (χ3n) is 6.25. The fraction of sp³-hybridized carbons (Fsp3) is 0.520. The van der Waals surface area contributed by atoms with E-state index < -0.39 is 24.0 Å². The molecule has 3 rings (SSSR count). The number of fused-ring (bicyclic) bond motifs is 1. The van der Waals surface area contributed by atoms with Crippen molar-refractivity contribution in [2.24, 2.45) is 17.8 Å². The molecule has 1 fully saturated rings. The number of Topliss-reactive ketones (excluding diaryl/α,β-unsaturated/α-hetero) is 1. The first kappa shape index (κ1) is 25.2. The van der Waals surface area contributed by atoms with E-state index in [1.54, 1.807) is 19.2 Å². The number of hydrogen-bond acceptors (Lipinski definition) is 6. The van der Waals surface area contributed by atoms with Crippen molar-refractivity contribution < 1.29 is 24.2 Å². The van der Waals surface area contributed by atoms with Crippen LogP contribution in [0.3, 0.4) is 0 Å². The number of rotatable bonds is 11. The third kappa shape index (κ3) is 5.94. The molecule has 2 aromatic rings. The van der Waals surface area contributed by atoms with Crippen molar-refractivity contribution in [3.05, 3.63) is 30.0 Å². The number of methoxy groups -OCH3 is 1. The SMILES string of the molecule is COc1cccc2[nH]c(C(=O)CC(CC(C)C)C(=O)NC(CC3CCNC3=O)C(O)C#N)cc12. The molecule has 1 aromatic heterocycles. The smallest absolute Gasteiger partial charge is 0.223 e. The maximum Gasteiger partial charge on any atom is 0.223 e. The fourth-order valence-electron chi connectivity index (χ4n) is 4.48. The zero-order valence-corrected chi connectivity index (χ0v) is 19.8. The number of aromatic nitrogens is 1. The van der Waals surface area contributed by atoms with E-state index in [0.717, 1.165) is 10.9 Å². The number of H-pyrrole nitrogens is 1. The lowest BCUT2D eigenvalue weighted by Crippen LogP contribution is -2.47. The molecule has 1 aliphatic heterocycles. The third-order valence-corrected chi connectivity index (χ3v) is 6.25. The number of aliphatic hydroxyl groups is 1. The van der Waals surface area contributed by atoms with E-state index in [-0.39, 0.29) is 36.4 Å². The molecule has 9 heteroatoms. The number of benzene rings is 1. The van der Waals surface area contributed by atoms with Crippen LogP contribution in [0.4, 0.5) is 0 Å². The Bertz CT molecular complexity index is 1090. The van der Waals surface area contributed by atoms with Crippen LogP contribution < -0.4 is 15.4 Å². The lowest BCUT2D eigenvalue weighted by molar-refractivity contribution is -0.128. The van der Waals surface area contributed by atoms with Gasteiger partial charge in [-0.1, -0.05) is 19.9 Å². The van der Waals surface area contributed by atoms with E-state index in [4.69, 9.17) is 4.74 Å². The van der Waals surface area contributed by atoms with Crippen molar-refractivity contribution >= 4 is 28.5 Å². The Morgan fingerprint density at radius 3 is 2.74 bits per heavy atom. The number of hydrogen-bond donors (Lipinski definition) is 4. The average Bonchev–Trinajstić information content (AvgIpc) is 3.43. The summed E-state index contributed by atoms with van der Waals surface area (Å²) in [5.41, 5.74) is 1.15. The molecule has 0 bridgehead atoms. The van der Waals surface area contributed by atoms with E-state index in [1.165, 1.54) is 0 Å². The summed E-state index contributed by atoms with van der Waals surface area (Å²) in [5, 5.41) is 25.7. The van der Waals surface area contributed by atoms with Gasteiger partial charge in [0, 0.05) is 35.7 Å². The Kier molecular flexibility index (Phi) is 8.29. The maximum absolute atomic E-state index is 13.2. The summed E-state index contributed by atoms with van der Waals surface area (Å²) in [7, 11) is 1.56. The number of ether oxygens (including phenoxy) is 1. The summed E-state index contributed by atoms with van der Waals surface area (Å²) in [5.74, 6) is -1.00. The highest BCUT2D eigenvalue weighted by Crippen LogP contribution is 2.28. The van der Waals surface area contributed by atoms with Crippen LogP contribution in [0.2, 0.25) is 0 Å². The molecule has 1 aromatic carbocycles. The van der Waals surface area contributed by atoms with Gasteiger partial charge < -0.3 is 25.5 Å². The van der Waals surface area contributed by atoms with Gasteiger partial charge in [-0.3, -0.25) is 14.4 Å². The minimum atomic E-state index is -1.45. The Morgan fingerprint density at radius 2 is 2.12 bits per heavy atom. The lowest BCUT2D eigenvalue weighted by atomic mass is 9.89. The number of aliphatic hydroxyl groups excluding tert-OH is 1. The molecule has 34 heavy (non-hydrogen) atoms. The number of carbonyl (C=O) groups excluding carboxylic acids is 3. The molecule has 2 heterocycles. The monoisotopic (exact) mass is 468 g/mol. The van der Waals surface area contributed by atoms with Gasteiger partial charge in [-0.15, -0.1) is 0 Å². The Hall–Kier alpha value is -3.38. The van der Waals surface area contributed by atoms with Crippen LogP contribution in [0.5, 0.6) is 5.75 Å². The highest BCUT2D eigenvalue weighted by Gasteiger charge is 2.33. The van der Waals surface area contributed by atoms with E-state index in [1.807, 2.05) is 32.0 Å². The number of amides is 2. The Balaban J connectivity index is 1.75. The van der Waals surface area contributed by atoms with Gasteiger partial charge in [0.1, 0.15) is 5.75 Å². The van der Waals surface area contributed by atoms with Gasteiger partial charge in [-0.2, -0.15) is 5.26 Å². The van der Waals surface area contributed by atoms with Crippen LogP contribution in [-0.2, 0) is 9.59 Å². The molecule has 0 radical (unpaired) electrons. The summed E-state index contributed by atoms with van der Waals surface area (Å²) in [6.45, 7) is 4.46. The summed E-state index contributed by atoms with van der Waals surface area (Å²) < 4.78 is 5.36. The second-order valence-electron chi connectivity index (χ2n) is 9.26. The molecular weight excluding hydrogens is 436 g/mol. The van der Waals surface area contributed by atoms with Crippen LogP contribution in [0, 0.1) is 29.1 Å². The van der Waals surface area contributed by atoms with Crippen LogP contribution in [0.25, 0.3) is 10.9 Å². The largest absolute Gasteiger partial charge is 0.496 e. The number of aromatic amines is 1. The first-order valence-electron chi connectivity index (χ1n) is 11.6. The molecule has 4 N–H and O–H groups in total. The summed E-state index contributed by atoms with van der Waals surface area (Å²) in [6, 6.07) is 8.07. The van der Waals surface area contributed by atoms with Gasteiger partial charge in [0.05, 0.1) is 24.9 Å². The second-order valence-corrected chi connectivity index (χ2v) is 9.26. The summed E-state index contributed by atoms with van der Waals surface area (Å²) in [4.78, 5) is 41.4. The van der Waals surface area contributed by atoms with Gasteiger partial charge in [-0.25, -0.2) is 0 Å². The predicted molar refractivity (Wildman–Crippen MR) is 126 cm³/mol. The number of ketones is 1. The van der Waals surface area contributed by atoms with Gasteiger partial charge in [0.15, 0.2) is 11.9 Å². The van der Waals surface area contributed by atoms with Crippen molar-refractivity contribution in [2.45, 2.75) is 51.7 Å². The highest BCUT2D eigenvalue weighted by molar-refractivity contribution is 6.02. The van der Waals surface area contributed by atoms with Crippen molar-refractivity contribution in [2.75, 3.05) is 13.7 Å². The van der Waals surface area contributed by atoms with E-state index in [9.17, 15) is 24.8 Å². The summed E-state index contributed by atoms with van der Waals surface area (Å²) >= 11 is 0.